The monoisotopic (exact) mass is 227 g/mol. The third-order valence-corrected chi connectivity index (χ3v) is 2.29. The number of benzene rings is 2. The van der Waals surface area contributed by atoms with Crippen LogP contribution < -0.4 is 11.1 Å². The van der Waals surface area contributed by atoms with Crippen molar-refractivity contribution in [1.29, 1.82) is 5.26 Å². The molecule has 0 spiro atoms. The van der Waals surface area contributed by atoms with Gasteiger partial charge in [-0.2, -0.15) is 5.26 Å². The SMILES string of the molecule is N#Cc1cc(Nc2cccc(F)c2)ccc1N. The van der Waals surface area contributed by atoms with Crippen molar-refractivity contribution in [2.45, 2.75) is 0 Å². The second-order valence-corrected chi connectivity index (χ2v) is 3.55. The van der Waals surface area contributed by atoms with E-state index in [4.69, 9.17) is 11.0 Å². The molecule has 17 heavy (non-hydrogen) atoms. The summed E-state index contributed by atoms with van der Waals surface area (Å²) in [7, 11) is 0. The maximum absolute atomic E-state index is 13.0. The van der Waals surface area contributed by atoms with E-state index in [9.17, 15) is 4.39 Å². The molecule has 2 aromatic rings. The van der Waals surface area contributed by atoms with Gasteiger partial charge in [0.15, 0.2) is 0 Å². The fourth-order valence-electron chi connectivity index (χ4n) is 1.46. The van der Waals surface area contributed by atoms with Gasteiger partial charge in [0.25, 0.3) is 0 Å². The largest absolute Gasteiger partial charge is 0.398 e. The molecule has 0 bridgehead atoms. The van der Waals surface area contributed by atoms with E-state index in [0.717, 1.165) is 0 Å². The quantitative estimate of drug-likeness (QED) is 0.775. The normalized spacial score (nSPS) is 9.65. The first-order valence-electron chi connectivity index (χ1n) is 5.01. The Morgan fingerprint density at radius 3 is 2.59 bits per heavy atom. The molecule has 0 aliphatic rings. The fourth-order valence-corrected chi connectivity index (χ4v) is 1.46. The lowest BCUT2D eigenvalue weighted by molar-refractivity contribution is 0.628. The van der Waals surface area contributed by atoms with Gasteiger partial charge < -0.3 is 11.1 Å². The van der Waals surface area contributed by atoms with Crippen LogP contribution >= 0.6 is 0 Å². The molecular weight excluding hydrogens is 217 g/mol. The third kappa shape index (κ3) is 2.52. The third-order valence-electron chi connectivity index (χ3n) is 2.29. The van der Waals surface area contributed by atoms with E-state index in [1.54, 1.807) is 30.3 Å². The topological polar surface area (TPSA) is 61.8 Å². The van der Waals surface area contributed by atoms with Crippen molar-refractivity contribution in [3.63, 3.8) is 0 Å². The Labute approximate surface area is 98.3 Å². The highest BCUT2D eigenvalue weighted by atomic mass is 19.1. The Bertz CT molecular complexity index is 587. The molecule has 0 unspecified atom stereocenters. The van der Waals surface area contributed by atoms with Crippen molar-refractivity contribution < 1.29 is 4.39 Å². The molecule has 2 rings (SSSR count). The van der Waals surface area contributed by atoms with Crippen LogP contribution in [0.3, 0.4) is 0 Å². The van der Waals surface area contributed by atoms with Gasteiger partial charge in [-0.05, 0) is 36.4 Å². The van der Waals surface area contributed by atoms with Gasteiger partial charge >= 0.3 is 0 Å². The second-order valence-electron chi connectivity index (χ2n) is 3.55. The molecule has 0 heterocycles. The molecule has 3 N–H and O–H groups in total. The van der Waals surface area contributed by atoms with Crippen molar-refractivity contribution in [3.05, 3.63) is 53.8 Å². The van der Waals surface area contributed by atoms with Crippen LogP contribution in [0.15, 0.2) is 42.5 Å². The molecular formula is C13H10FN3. The molecule has 0 radical (unpaired) electrons. The maximum atomic E-state index is 13.0. The second kappa shape index (κ2) is 4.54. The Morgan fingerprint density at radius 2 is 1.88 bits per heavy atom. The zero-order valence-corrected chi connectivity index (χ0v) is 8.94. The summed E-state index contributed by atoms with van der Waals surface area (Å²) in [5.41, 5.74) is 7.75. The van der Waals surface area contributed by atoms with E-state index in [2.05, 4.69) is 5.32 Å². The van der Waals surface area contributed by atoms with Crippen LogP contribution in [0, 0.1) is 17.1 Å². The number of hydrogen-bond donors (Lipinski definition) is 2. The van der Waals surface area contributed by atoms with Gasteiger partial charge in [0.1, 0.15) is 11.9 Å². The van der Waals surface area contributed by atoms with Crippen molar-refractivity contribution in [2.24, 2.45) is 0 Å². The van der Waals surface area contributed by atoms with Gasteiger partial charge in [0.2, 0.25) is 0 Å². The van der Waals surface area contributed by atoms with E-state index in [1.807, 2.05) is 6.07 Å². The lowest BCUT2D eigenvalue weighted by atomic mass is 10.1. The molecule has 0 aliphatic heterocycles. The lowest BCUT2D eigenvalue weighted by Gasteiger charge is -2.07. The minimum Gasteiger partial charge on any atom is -0.398 e. The predicted octanol–water partition coefficient (Wildman–Crippen LogP) is 3.02. The van der Waals surface area contributed by atoms with Gasteiger partial charge in [0.05, 0.1) is 5.56 Å². The van der Waals surface area contributed by atoms with Crippen molar-refractivity contribution in [3.8, 4) is 6.07 Å². The Balaban J connectivity index is 2.28. The van der Waals surface area contributed by atoms with Crippen LogP contribution in [0.2, 0.25) is 0 Å². The summed E-state index contributed by atoms with van der Waals surface area (Å²) in [6.07, 6.45) is 0. The van der Waals surface area contributed by atoms with Crippen LogP contribution in [-0.4, -0.2) is 0 Å². The van der Waals surface area contributed by atoms with Crippen molar-refractivity contribution in [1.82, 2.24) is 0 Å². The Morgan fingerprint density at radius 1 is 1.12 bits per heavy atom. The van der Waals surface area contributed by atoms with Crippen LogP contribution in [0.1, 0.15) is 5.56 Å². The van der Waals surface area contributed by atoms with E-state index in [1.165, 1.54) is 12.1 Å². The molecule has 0 aliphatic carbocycles. The number of nitrogens with two attached hydrogens (primary N) is 1. The Hall–Kier alpha value is -2.54. The molecule has 0 saturated carbocycles. The minimum atomic E-state index is -0.314. The minimum absolute atomic E-state index is 0.314. The number of nitrogen functional groups attached to an aromatic ring is 1. The molecule has 0 fully saturated rings. The predicted molar refractivity (Wildman–Crippen MR) is 65.3 cm³/mol. The zero-order chi connectivity index (χ0) is 12.3. The van der Waals surface area contributed by atoms with E-state index in [-0.39, 0.29) is 5.82 Å². The summed E-state index contributed by atoms with van der Waals surface area (Å²) in [4.78, 5) is 0. The molecule has 84 valence electrons. The van der Waals surface area contributed by atoms with Crippen molar-refractivity contribution in [2.75, 3.05) is 11.1 Å². The zero-order valence-electron chi connectivity index (χ0n) is 8.94. The van der Waals surface area contributed by atoms with Gasteiger partial charge in [0, 0.05) is 17.1 Å². The summed E-state index contributed by atoms with van der Waals surface area (Å²) in [6.45, 7) is 0. The highest BCUT2D eigenvalue weighted by molar-refractivity contribution is 5.66. The van der Waals surface area contributed by atoms with E-state index in [0.29, 0.717) is 22.6 Å². The summed E-state index contributed by atoms with van der Waals surface area (Å²) in [5.74, 6) is -0.314. The highest BCUT2D eigenvalue weighted by Gasteiger charge is 2.01. The van der Waals surface area contributed by atoms with Gasteiger partial charge in [-0.25, -0.2) is 4.39 Å². The molecule has 3 nitrogen and oxygen atoms in total. The summed E-state index contributed by atoms with van der Waals surface area (Å²) in [5, 5.41) is 11.8. The molecule has 0 aromatic heterocycles. The lowest BCUT2D eigenvalue weighted by Crippen LogP contribution is -1.94. The molecule has 0 atom stereocenters. The van der Waals surface area contributed by atoms with E-state index < -0.39 is 0 Å². The maximum Gasteiger partial charge on any atom is 0.125 e. The first-order chi connectivity index (χ1) is 8.19. The molecule has 0 saturated heterocycles. The Kier molecular flexibility index (Phi) is 2.93. The van der Waals surface area contributed by atoms with Crippen LogP contribution in [-0.2, 0) is 0 Å². The summed E-state index contributed by atoms with van der Waals surface area (Å²) < 4.78 is 13.0. The summed E-state index contributed by atoms with van der Waals surface area (Å²) >= 11 is 0. The first kappa shape index (κ1) is 11.0. The standard InChI is InChI=1S/C13H10FN3/c14-10-2-1-3-11(7-10)17-12-4-5-13(16)9(6-12)8-15/h1-7,17H,16H2. The smallest absolute Gasteiger partial charge is 0.125 e. The highest BCUT2D eigenvalue weighted by Crippen LogP contribution is 2.21. The van der Waals surface area contributed by atoms with E-state index >= 15 is 0 Å². The number of anilines is 3. The number of nitrogens with one attached hydrogen (secondary N) is 1. The first-order valence-corrected chi connectivity index (χ1v) is 5.01. The average molecular weight is 227 g/mol. The van der Waals surface area contributed by atoms with Crippen LogP contribution in [0.4, 0.5) is 21.5 Å². The number of halogens is 1. The average Bonchev–Trinajstić information content (AvgIpc) is 2.32. The number of rotatable bonds is 2. The number of nitrogens with zero attached hydrogens (tertiary/aromatic N) is 1. The van der Waals surface area contributed by atoms with Crippen molar-refractivity contribution >= 4 is 17.1 Å². The summed E-state index contributed by atoms with van der Waals surface area (Å²) in [6, 6.07) is 13.1. The molecule has 0 amide bonds. The molecule has 2 aromatic carbocycles. The van der Waals surface area contributed by atoms with Crippen LogP contribution in [0.25, 0.3) is 0 Å². The molecule has 4 heteroatoms. The van der Waals surface area contributed by atoms with Gasteiger partial charge in [-0.3, -0.25) is 0 Å². The number of nitriles is 1. The van der Waals surface area contributed by atoms with Crippen LogP contribution in [0.5, 0.6) is 0 Å². The van der Waals surface area contributed by atoms with Gasteiger partial charge in [-0.1, -0.05) is 6.07 Å². The fraction of sp³-hybridized carbons (Fsp3) is 0. The van der Waals surface area contributed by atoms with Gasteiger partial charge in [-0.15, -0.1) is 0 Å². The number of hydrogen-bond acceptors (Lipinski definition) is 3.